The van der Waals surface area contributed by atoms with Crippen molar-refractivity contribution in [3.8, 4) is 0 Å². The van der Waals surface area contributed by atoms with Gasteiger partial charge in [-0.2, -0.15) is 0 Å². The lowest BCUT2D eigenvalue weighted by molar-refractivity contribution is 0.601. The Morgan fingerprint density at radius 2 is 1.82 bits per heavy atom. The molecule has 0 aromatic heterocycles. The standard InChI is InChI=1S/C8H17O2S/c1-3-4-5-6-7-8-11(2,9)10/h8H,3-7H2,1-2H3. The zero-order valence-corrected chi connectivity index (χ0v) is 8.15. The molecule has 67 valence electrons. The average molecular weight is 177 g/mol. The molecule has 0 spiro atoms. The molecule has 0 fully saturated rings. The molecule has 11 heavy (non-hydrogen) atoms. The van der Waals surface area contributed by atoms with Gasteiger partial charge in [0.15, 0.2) is 9.84 Å². The molecule has 1 radical (unpaired) electrons. The van der Waals surface area contributed by atoms with Crippen molar-refractivity contribution < 1.29 is 8.42 Å². The second kappa shape index (κ2) is 5.58. The van der Waals surface area contributed by atoms with E-state index >= 15 is 0 Å². The third-order valence-electron chi connectivity index (χ3n) is 1.48. The van der Waals surface area contributed by atoms with Crippen LogP contribution in [0.2, 0.25) is 0 Å². The summed E-state index contributed by atoms with van der Waals surface area (Å²) < 4.78 is 21.2. The Hall–Kier alpha value is -0.0500. The van der Waals surface area contributed by atoms with Gasteiger partial charge < -0.3 is 0 Å². The lowest BCUT2D eigenvalue weighted by Gasteiger charge is -1.97. The van der Waals surface area contributed by atoms with E-state index in [0.29, 0.717) is 6.42 Å². The van der Waals surface area contributed by atoms with E-state index in [2.05, 4.69) is 6.92 Å². The van der Waals surface area contributed by atoms with Crippen molar-refractivity contribution in [3.63, 3.8) is 0 Å². The van der Waals surface area contributed by atoms with E-state index in [1.165, 1.54) is 24.9 Å². The van der Waals surface area contributed by atoms with E-state index in [-0.39, 0.29) is 0 Å². The van der Waals surface area contributed by atoms with Gasteiger partial charge in [0.05, 0.1) is 5.75 Å². The summed E-state index contributed by atoms with van der Waals surface area (Å²) in [5.74, 6) is 1.41. The third-order valence-corrected chi connectivity index (χ3v) is 2.32. The van der Waals surface area contributed by atoms with E-state index in [0.717, 1.165) is 12.8 Å². The van der Waals surface area contributed by atoms with Crippen LogP contribution in [0.1, 0.15) is 39.0 Å². The molecule has 0 bridgehead atoms. The van der Waals surface area contributed by atoms with Crippen LogP contribution >= 0.6 is 0 Å². The highest BCUT2D eigenvalue weighted by Gasteiger charge is 2.00. The van der Waals surface area contributed by atoms with Crippen LogP contribution < -0.4 is 0 Å². The first kappa shape index (κ1) is 11.0. The van der Waals surface area contributed by atoms with Gasteiger partial charge in [-0.1, -0.05) is 32.6 Å². The van der Waals surface area contributed by atoms with E-state index in [9.17, 15) is 8.42 Å². The van der Waals surface area contributed by atoms with E-state index in [1.54, 1.807) is 0 Å². The topological polar surface area (TPSA) is 34.1 Å². The number of sulfone groups is 1. The van der Waals surface area contributed by atoms with Gasteiger partial charge in [-0.15, -0.1) is 0 Å². The van der Waals surface area contributed by atoms with Gasteiger partial charge in [-0.05, 0) is 6.42 Å². The van der Waals surface area contributed by atoms with Gasteiger partial charge in [0, 0.05) is 6.26 Å². The molecular weight excluding hydrogens is 160 g/mol. The number of hydrogen-bond acceptors (Lipinski definition) is 2. The zero-order valence-electron chi connectivity index (χ0n) is 7.34. The molecule has 0 unspecified atom stereocenters. The van der Waals surface area contributed by atoms with Crippen LogP contribution in [0.3, 0.4) is 0 Å². The van der Waals surface area contributed by atoms with Crippen LogP contribution in [0.15, 0.2) is 0 Å². The summed E-state index contributed by atoms with van der Waals surface area (Å²) in [4.78, 5) is 0. The Labute approximate surface area is 69.9 Å². The maximum absolute atomic E-state index is 10.6. The number of rotatable bonds is 6. The monoisotopic (exact) mass is 177 g/mol. The molecule has 2 nitrogen and oxygen atoms in total. The predicted molar refractivity (Wildman–Crippen MR) is 47.9 cm³/mol. The average Bonchev–Trinajstić information content (AvgIpc) is 1.85. The Balaban J connectivity index is 3.16. The van der Waals surface area contributed by atoms with Gasteiger partial charge in [-0.3, -0.25) is 0 Å². The molecule has 0 aromatic rings. The van der Waals surface area contributed by atoms with Gasteiger partial charge in [0.1, 0.15) is 0 Å². The highest BCUT2D eigenvalue weighted by Crippen LogP contribution is 2.06. The summed E-state index contributed by atoms with van der Waals surface area (Å²) in [5.41, 5.74) is 0. The fourth-order valence-corrected chi connectivity index (χ4v) is 1.46. The Morgan fingerprint density at radius 3 is 2.27 bits per heavy atom. The van der Waals surface area contributed by atoms with Crippen LogP contribution in [0.25, 0.3) is 0 Å². The molecular formula is C8H17O2S. The zero-order chi connectivity index (χ0) is 8.74. The van der Waals surface area contributed by atoms with Gasteiger partial charge in [0.2, 0.25) is 0 Å². The molecule has 0 aliphatic heterocycles. The summed E-state index contributed by atoms with van der Waals surface area (Å²) in [6.07, 6.45) is 6.49. The quantitative estimate of drug-likeness (QED) is 0.583. The summed E-state index contributed by atoms with van der Waals surface area (Å²) in [7, 11) is -2.84. The Bertz CT molecular complexity index is 171. The smallest absolute Gasteiger partial charge is 0.151 e. The largest absolute Gasteiger partial charge is 0.229 e. The van der Waals surface area contributed by atoms with E-state index in [1.807, 2.05) is 0 Å². The first-order valence-electron chi connectivity index (χ1n) is 4.09. The summed E-state index contributed by atoms with van der Waals surface area (Å²) >= 11 is 0. The molecule has 0 N–H and O–H groups in total. The SMILES string of the molecule is CCCCCC[CH]S(C)(=O)=O. The molecule has 0 aliphatic rings. The molecule has 0 aliphatic carbocycles. The van der Waals surface area contributed by atoms with Crippen LogP contribution in [-0.4, -0.2) is 14.7 Å². The minimum atomic E-state index is -2.84. The fourth-order valence-electron chi connectivity index (χ4n) is 0.869. The van der Waals surface area contributed by atoms with Crippen LogP contribution in [0, 0.1) is 5.75 Å². The lowest BCUT2D eigenvalue weighted by Crippen LogP contribution is -1.95. The van der Waals surface area contributed by atoms with Crippen molar-refractivity contribution in [2.75, 3.05) is 6.26 Å². The maximum atomic E-state index is 10.6. The minimum absolute atomic E-state index is 0.707. The maximum Gasteiger partial charge on any atom is 0.151 e. The molecule has 3 heteroatoms. The van der Waals surface area contributed by atoms with Crippen molar-refractivity contribution in [3.05, 3.63) is 5.75 Å². The predicted octanol–water partition coefficient (Wildman–Crippen LogP) is 2.16. The van der Waals surface area contributed by atoms with Crippen molar-refractivity contribution in [2.45, 2.75) is 39.0 Å². The second-order valence-electron chi connectivity index (χ2n) is 2.85. The van der Waals surface area contributed by atoms with Crippen molar-refractivity contribution in [1.82, 2.24) is 0 Å². The molecule has 0 saturated carbocycles. The van der Waals surface area contributed by atoms with Gasteiger partial charge in [-0.25, -0.2) is 8.42 Å². The first-order chi connectivity index (χ1) is 5.06. The summed E-state index contributed by atoms with van der Waals surface area (Å²) in [5, 5.41) is 0. The summed E-state index contributed by atoms with van der Waals surface area (Å²) in [6.45, 7) is 2.14. The molecule has 0 rings (SSSR count). The molecule has 0 atom stereocenters. The number of hydrogen-bond donors (Lipinski definition) is 0. The minimum Gasteiger partial charge on any atom is -0.229 e. The highest BCUT2D eigenvalue weighted by atomic mass is 32.2. The van der Waals surface area contributed by atoms with E-state index < -0.39 is 9.84 Å². The first-order valence-corrected chi connectivity index (χ1v) is 6.05. The van der Waals surface area contributed by atoms with E-state index in [4.69, 9.17) is 0 Å². The van der Waals surface area contributed by atoms with Gasteiger partial charge >= 0.3 is 0 Å². The molecule has 0 amide bonds. The highest BCUT2D eigenvalue weighted by molar-refractivity contribution is 7.92. The molecule has 0 saturated heterocycles. The Morgan fingerprint density at radius 1 is 1.18 bits per heavy atom. The Kier molecular flexibility index (Phi) is 5.56. The van der Waals surface area contributed by atoms with Crippen LogP contribution in [0.5, 0.6) is 0 Å². The van der Waals surface area contributed by atoms with Crippen LogP contribution in [-0.2, 0) is 9.84 Å². The molecule has 0 aromatic carbocycles. The molecule has 0 heterocycles. The lowest BCUT2D eigenvalue weighted by atomic mass is 10.2. The van der Waals surface area contributed by atoms with Crippen molar-refractivity contribution >= 4 is 9.84 Å². The van der Waals surface area contributed by atoms with Gasteiger partial charge in [0.25, 0.3) is 0 Å². The second-order valence-corrected chi connectivity index (χ2v) is 4.84. The third kappa shape index (κ3) is 9.95. The normalized spacial score (nSPS) is 11.8. The fraction of sp³-hybridized carbons (Fsp3) is 0.875. The number of unbranched alkanes of at least 4 members (excludes halogenated alkanes) is 4. The van der Waals surface area contributed by atoms with Crippen molar-refractivity contribution in [1.29, 1.82) is 0 Å². The van der Waals surface area contributed by atoms with Crippen molar-refractivity contribution in [2.24, 2.45) is 0 Å². The summed E-state index contributed by atoms with van der Waals surface area (Å²) in [6, 6.07) is 0. The van der Waals surface area contributed by atoms with Crippen LogP contribution in [0.4, 0.5) is 0 Å².